The summed E-state index contributed by atoms with van der Waals surface area (Å²) in [7, 11) is 0. The van der Waals surface area contributed by atoms with Gasteiger partial charge >= 0.3 is 0 Å². The summed E-state index contributed by atoms with van der Waals surface area (Å²) in [6.07, 6.45) is 2.24. The Balaban J connectivity index is 3.67. The maximum absolute atomic E-state index is 10.0. The number of halogens is 2. The van der Waals surface area contributed by atoms with E-state index in [-0.39, 0.29) is 9.39 Å². The first kappa shape index (κ1) is 8.04. The van der Waals surface area contributed by atoms with E-state index in [1.807, 2.05) is 0 Å². The van der Waals surface area contributed by atoms with Crippen LogP contribution >= 0.6 is 31.9 Å². The van der Waals surface area contributed by atoms with Crippen LogP contribution in [0, 0.1) is 0 Å². The van der Waals surface area contributed by atoms with Crippen LogP contribution in [-0.4, -0.2) is 9.39 Å². The molecule has 8 heavy (non-hydrogen) atoms. The molecule has 4 heteroatoms. The van der Waals surface area contributed by atoms with E-state index in [1.165, 1.54) is 0 Å². The highest BCUT2D eigenvalue weighted by molar-refractivity contribution is 9.18. The normalized spacial score (nSPS) is 9.75. The number of allylic oxidation sites excluding steroid dienone is 2. The highest BCUT2D eigenvalue weighted by Crippen LogP contribution is 1.90. The molecular weight excluding hydrogens is 240 g/mol. The Bertz CT molecular complexity index is 123. The van der Waals surface area contributed by atoms with Crippen molar-refractivity contribution in [1.29, 1.82) is 0 Å². The van der Waals surface area contributed by atoms with Gasteiger partial charge in [-0.15, -0.1) is 0 Å². The number of hydrogen-bond donors (Lipinski definition) is 0. The predicted molar refractivity (Wildman–Crippen MR) is 37.0 cm³/mol. The van der Waals surface area contributed by atoms with Crippen molar-refractivity contribution in [3.63, 3.8) is 0 Å². The van der Waals surface area contributed by atoms with Gasteiger partial charge in [-0.3, -0.25) is 9.59 Å². The van der Waals surface area contributed by atoms with E-state index < -0.39 is 0 Å². The minimum Gasteiger partial charge on any atom is -0.282 e. The van der Waals surface area contributed by atoms with E-state index in [0.717, 1.165) is 12.2 Å². The van der Waals surface area contributed by atoms with Crippen molar-refractivity contribution in [2.75, 3.05) is 0 Å². The summed E-state index contributed by atoms with van der Waals surface area (Å²) in [5, 5.41) is 0. The van der Waals surface area contributed by atoms with Crippen molar-refractivity contribution in [3.8, 4) is 0 Å². The van der Waals surface area contributed by atoms with Crippen molar-refractivity contribution < 1.29 is 9.59 Å². The van der Waals surface area contributed by atoms with E-state index in [9.17, 15) is 9.59 Å². The fourth-order valence-electron chi connectivity index (χ4n) is 0.131. The van der Waals surface area contributed by atoms with Gasteiger partial charge < -0.3 is 0 Å². The van der Waals surface area contributed by atoms with Gasteiger partial charge in [0.2, 0.25) is 9.39 Å². The molecule has 0 aliphatic carbocycles. The maximum atomic E-state index is 10.0. The van der Waals surface area contributed by atoms with Crippen LogP contribution in [0.15, 0.2) is 12.2 Å². The average Bonchev–Trinajstić information content (AvgIpc) is 1.61. The first-order valence-electron chi connectivity index (χ1n) is 1.70. The van der Waals surface area contributed by atoms with Crippen LogP contribution in [0.2, 0.25) is 0 Å². The molecule has 0 aliphatic rings. The van der Waals surface area contributed by atoms with Crippen LogP contribution in [-0.2, 0) is 9.59 Å². The molecule has 0 atom stereocenters. The summed E-state index contributed by atoms with van der Waals surface area (Å²) < 4.78 is -0.629. The van der Waals surface area contributed by atoms with Crippen molar-refractivity contribution in [2.24, 2.45) is 0 Å². The van der Waals surface area contributed by atoms with Crippen LogP contribution < -0.4 is 0 Å². The molecule has 0 unspecified atom stereocenters. The number of hydrogen-bond acceptors (Lipinski definition) is 2. The van der Waals surface area contributed by atoms with Crippen molar-refractivity contribution >= 4 is 41.2 Å². The summed E-state index contributed by atoms with van der Waals surface area (Å²) in [5.41, 5.74) is 0. The number of rotatable bonds is 2. The van der Waals surface area contributed by atoms with Crippen molar-refractivity contribution in [2.45, 2.75) is 0 Å². The van der Waals surface area contributed by atoms with Gasteiger partial charge in [0, 0.05) is 0 Å². The molecule has 0 fully saturated rings. The van der Waals surface area contributed by atoms with Gasteiger partial charge in [0.05, 0.1) is 0 Å². The molecule has 2 nitrogen and oxygen atoms in total. The second-order valence-electron chi connectivity index (χ2n) is 0.942. The third-order valence-corrected chi connectivity index (χ3v) is 0.874. The van der Waals surface area contributed by atoms with Gasteiger partial charge in [0.25, 0.3) is 0 Å². The lowest BCUT2D eigenvalue weighted by Crippen LogP contribution is -1.78. The third-order valence-electron chi connectivity index (χ3n) is 0.345. The Morgan fingerprint density at radius 1 is 1.00 bits per heavy atom. The van der Waals surface area contributed by atoms with Gasteiger partial charge in [0.1, 0.15) is 0 Å². The van der Waals surface area contributed by atoms with E-state index >= 15 is 0 Å². The van der Waals surface area contributed by atoms with Crippen molar-refractivity contribution in [1.82, 2.24) is 0 Å². The average molecular weight is 242 g/mol. The molecule has 0 aliphatic heterocycles. The van der Waals surface area contributed by atoms with Gasteiger partial charge in [-0.05, 0) is 44.0 Å². The Morgan fingerprint density at radius 3 is 1.38 bits per heavy atom. The molecule has 0 heterocycles. The molecule has 0 saturated carbocycles. The summed E-state index contributed by atoms with van der Waals surface area (Å²) in [5.74, 6) is 0. The van der Waals surface area contributed by atoms with Crippen LogP contribution in [0.4, 0.5) is 0 Å². The zero-order chi connectivity index (χ0) is 6.57. The fourth-order valence-corrected chi connectivity index (χ4v) is 0.395. The quantitative estimate of drug-likeness (QED) is 0.541. The van der Waals surface area contributed by atoms with Gasteiger partial charge in [0.15, 0.2) is 0 Å². The van der Waals surface area contributed by atoms with Crippen LogP contribution in [0.3, 0.4) is 0 Å². The SMILES string of the molecule is O=C(Br)/C=C\C(=O)Br. The number of carbonyl (C=O) groups is 2. The zero-order valence-electron chi connectivity index (χ0n) is 3.73. The van der Waals surface area contributed by atoms with E-state index in [0.29, 0.717) is 0 Å². The Kier molecular flexibility index (Phi) is 3.99. The minimum absolute atomic E-state index is 0.315. The van der Waals surface area contributed by atoms with E-state index in [2.05, 4.69) is 31.9 Å². The Morgan fingerprint density at radius 2 is 1.25 bits per heavy atom. The summed E-state index contributed by atoms with van der Waals surface area (Å²) in [6.45, 7) is 0. The molecule has 0 N–H and O–H groups in total. The molecule has 0 aromatic heterocycles. The van der Waals surface area contributed by atoms with Crippen LogP contribution in [0.5, 0.6) is 0 Å². The maximum Gasteiger partial charge on any atom is 0.221 e. The minimum atomic E-state index is -0.315. The lowest BCUT2D eigenvalue weighted by molar-refractivity contribution is -0.108. The molecule has 0 spiro atoms. The second-order valence-corrected chi connectivity index (χ2v) is 2.50. The van der Waals surface area contributed by atoms with Gasteiger partial charge in [-0.25, -0.2) is 0 Å². The highest BCUT2D eigenvalue weighted by Gasteiger charge is 1.86. The topological polar surface area (TPSA) is 34.1 Å². The largest absolute Gasteiger partial charge is 0.282 e. The summed E-state index contributed by atoms with van der Waals surface area (Å²) in [4.78, 5) is 20.0. The zero-order valence-corrected chi connectivity index (χ0v) is 6.90. The first-order chi connectivity index (χ1) is 3.63. The van der Waals surface area contributed by atoms with Gasteiger partial charge in [-0.2, -0.15) is 0 Å². The third kappa shape index (κ3) is 6.04. The van der Waals surface area contributed by atoms with Gasteiger partial charge in [-0.1, -0.05) is 0 Å². The Hall–Kier alpha value is 0.0400. The smallest absolute Gasteiger partial charge is 0.221 e. The first-order valence-corrected chi connectivity index (χ1v) is 3.28. The van der Waals surface area contributed by atoms with E-state index in [1.54, 1.807) is 0 Å². The van der Waals surface area contributed by atoms with Crippen LogP contribution in [0.1, 0.15) is 0 Å². The molecule has 0 bridgehead atoms. The monoisotopic (exact) mass is 240 g/mol. The molecule has 44 valence electrons. The second kappa shape index (κ2) is 3.97. The molecular formula is C4H2Br2O2. The lowest BCUT2D eigenvalue weighted by Gasteiger charge is -1.71. The Labute approximate surface area is 63.2 Å². The molecule has 0 radical (unpaired) electrons. The molecule has 0 amide bonds. The lowest BCUT2D eigenvalue weighted by atomic mass is 10.6. The molecule has 0 rings (SSSR count). The van der Waals surface area contributed by atoms with Crippen molar-refractivity contribution in [3.05, 3.63) is 12.2 Å². The molecule has 0 saturated heterocycles. The van der Waals surface area contributed by atoms with E-state index in [4.69, 9.17) is 0 Å². The fraction of sp³-hybridized carbons (Fsp3) is 0. The highest BCUT2D eigenvalue weighted by atomic mass is 79.9. The standard InChI is InChI=1S/C4H2Br2O2/c5-3(7)1-2-4(6)8/h1-2H/b2-1-. The van der Waals surface area contributed by atoms with Crippen LogP contribution in [0.25, 0.3) is 0 Å². The number of carbonyl (C=O) groups excluding carboxylic acids is 2. The molecule has 0 aromatic rings. The predicted octanol–water partition coefficient (Wildman–Crippen LogP) is 1.39. The summed E-state index contributed by atoms with van der Waals surface area (Å²) >= 11 is 5.21. The molecule has 0 aromatic carbocycles. The summed E-state index contributed by atoms with van der Waals surface area (Å²) in [6, 6.07) is 0.